The molecule has 0 radical (unpaired) electrons. The number of nitrogens with zero attached hydrogens (tertiary/aromatic N) is 6. The quantitative estimate of drug-likeness (QED) is 0.0844. The van der Waals surface area contributed by atoms with E-state index < -0.39 is 18.2 Å². The van der Waals surface area contributed by atoms with Crippen molar-refractivity contribution in [3.8, 4) is 28.7 Å². The van der Waals surface area contributed by atoms with Crippen LogP contribution in [0.25, 0.3) is 16.0 Å². The molecule has 4 unspecified atom stereocenters. The fourth-order valence-corrected chi connectivity index (χ4v) is 12.3. The lowest BCUT2D eigenvalue weighted by Crippen LogP contribution is -2.47. The van der Waals surface area contributed by atoms with Crippen LogP contribution < -0.4 is 26.4 Å². The van der Waals surface area contributed by atoms with Gasteiger partial charge in [-0.15, -0.1) is 0 Å². The minimum atomic E-state index is -1.50. The van der Waals surface area contributed by atoms with Gasteiger partial charge in [-0.1, -0.05) is 152 Å². The lowest BCUT2D eigenvalue weighted by Gasteiger charge is -2.37. The molecule has 0 bridgehead atoms. The second-order valence-electron chi connectivity index (χ2n) is 21.1. The van der Waals surface area contributed by atoms with Crippen molar-refractivity contribution in [2.75, 3.05) is 13.1 Å². The molecule has 6 aromatic carbocycles. The molecule has 2 saturated carbocycles. The van der Waals surface area contributed by atoms with Gasteiger partial charge in [-0.2, -0.15) is 5.26 Å². The highest BCUT2D eigenvalue weighted by molar-refractivity contribution is 9.10. The Morgan fingerprint density at radius 2 is 1.14 bits per heavy atom. The summed E-state index contributed by atoms with van der Waals surface area (Å²) in [6.45, 7) is 8.67. The zero-order chi connectivity index (χ0) is 54.4. The minimum absolute atomic E-state index is 0.0193. The second kappa shape index (κ2) is 23.5. The molecule has 12 rings (SSSR count). The third kappa shape index (κ3) is 11.2. The van der Waals surface area contributed by atoms with Gasteiger partial charge in [-0.3, -0.25) is 19.4 Å². The number of carbonyl (C=O) groups is 2. The average Bonchev–Trinajstić information content (AvgIpc) is 4.07. The van der Waals surface area contributed by atoms with E-state index in [0.717, 1.165) is 63.5 Å². The second-order valence-corrected chi connectivity index (χ2v) is 22.0. The first kappa shape index (κ1) is 53.6. The van der Waals surface area contributed by atoms with Crippen LogP contribution >= 0.6 is 15.9 Å². The molecule has 78 heavy (non-hydrogen) atoms. The minimum Gasteiger partial charge on any atom is -0.485 e. The number of rotatable bonds is 8. The van der Waals surface area contributed by atoms with Crippen LogP contribution in [0.4, 0.5) is 5.69 Å². The molecule has 6 N–H and O–H groups in total. The first-order chi connectivity index (χ1) is 37.9. The summed E-state index contributed by atoms with van der Waals surface area (Å²) in [4.78, 5) is 45.0. The Morgan fingerprint density at radius 1 is 0.641 bits per heavy atom. The standard InChI is InChI=1S/C31H30N4O2.C24H26BrN3O2.C7H6BNO2/c1-33-25-14-8-13-23(17-25)24-15-16-27-26(18-24)31(19-28(37-27)22-11-6-3-7-12-22)29(36)35(30(32)34-31)20-21-9-4-2-5-10-21;25-18-11-12-20-19(13-18)24(14-21(30-20)17-9-5-2-6-10-17)22(29)28(23(26)27-24)15-16-7-3-1-4-8-16;9-5-6-2-1-3-7(4-6)8(10)11/h3,6-8,11-18,21,28H,2,4-5,9-10,19-20H2,(H2,32,34);2,5-6,9-13,16,21H,1,3-4,7-8,14-15H2,(H2,26,27);1-4,10-11H. The molecule has 0 aromatic heterocycles. The number of amides is 2. The fourth-order valence-electron chi connectivity index (χ4n) is 11.9. The monoisotopic (exact) mass is 1100 g/mol. The summed E-state index contributed by atoms with van der Waals surface area (Å²) in [6, 6.07) is 47.3. The van der Waals surface area contributed by atoms with E-state index in [-0.39, 0.29) is 24.0 Å². The van der Waals surface area contributed by atoms with Gasteiger partial charge in [0.15, 0.2) is 28.7 Å². The van der Waals surface area contributed by atoms with E-state index >= 15 is 0 Å². The number of halogens is 1. The van der Waals surface area contributed by atoms with Crippen LogP contribution in [0.15, 0.2) is 160 Å². The van der Waals surface area contributed by atoms with Crippen LogP contribution in [-0.4, -0.2) is 63.8 Å². The topological polar surface area (TPSA) is 204 Å². The smallest absolute Gasteiger partial charge is 0.485 e. The Kier molecular flexibility index (Phi) is 16.1. The highest BCUT2D eigenvalue weighted by Crippen LogP contribution is 2.53. The summed E-state index contributed by atoms with van der Waals surface area (Å²) in [5.74, 6) is 2.85. The Morgan fingerprint density at radius 3 is 1.65 bits per heavy atom. The van der Waals surface area contributed by atoms with Crippen molar-refractivity contribution in [2.45, 2.75) is 100 Å². The highest BCUT2D eigenvalue weighted by Gasteiger charge is 2.56. The predicted octanol–water partition coefficient (Wildman–Crippen LogP) is 10.5. The van der Waals surface area contributed by atoms with Gasteiger partial charge in [0, 0.05) is 41.5 Å². The van der Waals surface area contributed by atoms with Crippen LogP contribution in [-0.2, 0) is 20.7 Å². The highest BCUT2D eigenvalue weighted by atomic mass is 79.9. The molecule has 6 aromatic rings. The van der Waals surface area contributed by atoms with Crippen molar-refractivity contribution in [3.63, 3.8) is 0 Å². The van der Waals surface area contributed by atoms with E-state index in [4.69, 9.17) is 52.8 Å². The Hall–Kier alpha value is -7.76. The van der Waals surface area contributed by atoms with Gasteiger partial charge in [0.25, 0.3) is 11.8 Å². The number of aliphatic imine (C=N–C) groups is 2. The van der Waals surface area contributed by atoms with Crippen molar-refractivity contribution in [2.24, 2.45) is 33.3 Å². The van der Waals surface area contributed by atoms with Gasteiger partial charge >= 0.3 is 7.12 Å². The molecule has 14 nitrogen and oxygen atoms in total. The summed E-state index contributed by atoms with van der Waals surface area (Å²) in [7, 11) is -1.50. The summed E-state index contributed by atoms with van der Waals surface area (Å²) >= 11 is 3.55. The number of hydrogen-bond acceptors (Lipinski definition) is 11. The summed E-state index contributed by atoms with van der Waals surface area (Å²) in [5.41, 5.74) is 17.5. The third-order valence-electron chi connectivity index (χ3n) is 16.0. The van der Waals surface area contributed by atoms with Crippen molar-refractivity contribution in [3.05, 3.63) is 189 Å². The summed E-state index contributed by atoms with van der Waals surface area (Å²) in [5, 5.41) is 25.8. The SMILES string of the molecule is N#Cc1cccc(B(O)O)c1.NC1=NC2(CC(c3ccccc3)Oc3ccc(Br)cc32)C(=O)N1CC1CCCCC1.[C-]#[N+]c1cccc(-c2ccc3c(c2)C2(CC(c4ccccc4)O3)N=C(N)N(CC3CCCCC3)C2=O)c1. The summed E-state index contributed by atoms with van der Waals surface area (Å²) in [6.07, 6.45) is 12.2. The zero-order valence-corrected chi connectivity index (χ0v) is 45.0. The van der Waals surface area contributed by atoms with Gasteiger partial charge in [-0.25, -0.2) is 14.8 Å². The number of ether oxygens (including phenoxy) is 2. The zero-order valence-electron chi connectivity index (χ0n) is 43.4. The normalized spacial score (nSPS) is 22.5. The van der Waals surface area contributed by atoms with Gasteiger partial charge < -0.3 is 31.0 Å². The number of nitrogens with two attached hydrogens (primary N) is 2. The predicted molar refractivity (Wildman–Crippen MR) is 305 cm³/mol. The molecular weight excluding hydrogens is 1040 g/mol. The average molecular weight is 1110 g/mol. The number of guanidine groups is 2. The number of hydrogen-bond donors (Lipinski definition) is 4. The lowest BCUT2D eigenvalue weighted by atomic mass is 9.79. The third-order valence-corrected chi connectivity index (χ3v) is 16.5. The molecule has 16 heteroatoms. The van der Waals surface area contributed by atoms with Crippen LogP contribution in [0.2, 0.25) is 0 Å². The molecule has 2 amide bonds. The molecule has 0 saturated heterocycles. The number of fused-ring (bicyclic) bond motifs is 4. The maximum atomic E-state index is 14.3. The van der Waals surface area contributed by atoms with Gasteiger partial charge in [0.1, 0.15) is 23.7 Å². The van der Waals surface area contributed by atoms with Crippen molar-refractivity contribution in [1.29, 1.82) is 5.26 Å². The van der Waals surface area contributed by atoms with Crippen LogP contribution in [0, 0.1) is 29.7 Å². The fraction of sp³-hybridized carbons (Fsp3) is 0.323. The maximum absolute atomic E-state index is 14.3. The van der Waals surface area contributed by atoms with Crippen LogP contribution in [0.5, 0.6) is 11.5 Å². The van der Waals surface area contributed by atoms with E-state index in [1.54, 1.807) is 34.1 Å². The summed E-state index contributed by atoms with van der Waals surface area (Å²) < 4.78 is 13.7. The van der Waals surface area contributed by atoms with Crippen molar-refractivity contribution in [1.82, 2.24) is 9.80 Å². The van der Waals surface area contributed by atoms with Crippen LogP contribution in [0.3, 0.4) is 0 Å². The molecule has 2 aliphatic carbocycles. The molecule has 4 aliphatic heterocycles. The number of nitriles is 1. The van der Waals surface area contributed by atoms with Gasteiger partial charge in [0.2, 0.25) is 0 Å². The molecule has 6 aliphatic rings. The Bertz CT molecular complexity index is 3320. The first-order valence-corrected chi connectivity index (χ1v) is 27.7. The number of carbonyl (C=O) groups excluding carboxylic acids is 2. The molecule has 2 spiro atoms. The van der Waals surface area contributed by atoms with Crippen molar-refractivity contribution >= 4 is 57.9 Å². The van der Waals surface area contributed by atoms with E-state index in [1.165, 1.54) is 44.6 Å². The Balaban J connectivity index is 0.000000150. The maximum Gasteiger partial charge on any atom is 0.488 e. The van der Waals surface area contributed by atoms with Crippen LogP contribution in [0.1, 0.15) is 117 Å². The molecule has 4 heterocycles. The molecule has 396 valence electrons. The van der Waals surface area contributed by atoms with E-state index in [9.17, 15) is 9.59 Å². The first-order valence-electron chi connectivity index (χ1n) is 26.9. The molecule has 2 fully saturated rings. The van der Waals surface area contributed by atoms with Gasteiger partial charge in [0.05, 0.1) is 18.2 Å². The Labute approximate surface area is 464 Å². The van der Waals surface area contributed by atoms with Gasteiger partial charge in [-0.05, 0) is 114 Å². The van der Waals surface area contributed by atoms with E-state index in [0.29, 0.717) is 77.9 Å². The van der Waals surface area contributed by atoms with E-state index in [1.807, 2.05) is 121 Å². The number of benzene rings is 6. The van der Waals surface area contributed by atoms with Crippen molar-refractivity contribution < 1.29 is 29.1 Å². The molecular formula is C62H62BBrN8O6. The van der Waals surface area contributed by atoms with E-state index in [2.05, 4.69) is 20.8 Å². The lowest BCUT2D eigenvalue weighted by molar-refractivity contribution is -0.134. The largest absolute Gasteiger partial charge is 0.488 e. The molecule has 4 atom stereocenters.